The van der Waals surface area contributed by atoms with E-state index < -0.39 is 40.5 Å². The molecule has 0 aromatic heterocycles. The highest BCUT2D eigenvalue weighted by molar-refractivity contribution is 7.33. The van der Waals surface area contributed by atoms with Gasteiger partial charge in [-0.05, 0) is 66.9 Å². The van der Waals surface area contributed by atoms with Crippen LogP contribution in [0.15, 0.2) is 0 Å². The molecule has 1 unspecified atom stereocenters. The van der Waals surface area contributed by atoms with Crippen LogP contribution in [0.3, 0.4) is 0 Å². The summed E-state index contributed by atoms with van der Waals surface area (Å²) in [6.07, 6.45) is 2.34. The van der Waals surface area contributed by atoms with Crippen LogP contribution in [0.25, 0.3) is 0 Å². The van der Waals surface area contributed by atoms with E-state index in [4.69, 9.17) is 26.3 Å². The number of halogens is 2. The van der Waals surface area contributed by atoms with E-state index in [0.29, 0.717) is 16.1 Å². The van der Waals surface area contributed by atoms with Crippen LogP contribution in [-0.2, 0) is 4.12 Å². The van der Waals surface area contributed by atoms with Crippen LogP contribution in [0, 0.1) is 0 Å². The van der Waals surface area contributed by atoms with Crippen molar-refractivity contribution < 1.29 is 4.12 Å². The van der Waals surface area contributed by atoms with Crippen LogP contribution in [0.1, 0.15) is 61.3 Å². The maximum Gasteiger partial charge on any atom is 0.237 e. The van der Waals surface area contributed by atoms with E-state index >= 15 is 0 Å². The average molecular weight is 575 g/mol. The van der Waals surface area contributed by atoms with Gasteiger partial charge < -0.3 is 8.35 Å². The molecule has 2 nitrogen and oxygen atoms in total. The summed E-state index contributed by atoms with van der Waals surface area (Å²) in [5.74, 6) is 0. The van der Waals surface area contributed by atoms with Gasteiger partial charge in [0.25, 0.3) is 0 Å². The van der Waals surface area contributed by atoms with E-state index in [1.165, 1.54) is 18.5 Å². The molecule has 194 valence electrons. The molecule has 0 aliphatic rings. The molecule has 0 aromatic rings. The summed E-state index contributed by atoms with van der Waals surface area (Å²) in [5.41, 5.74) is 0. The van der Waals surface area contributed by atoms with E-state index in [-0.39, 0.29) is 0 Å². The summed E-state index contributed by atoms with van der Waals surface area (Å²) in [7, 11) is -8.46. The Morgan fingerprint density at radius 2 is 1.19 bits per heavy atom. The second-order valence-corrected chi connectivity index (χ2v) is 38.8. The predicted octanol–water partition coefficient (Wildman–Crippen LogP) is 9.59. The van der Waals surface area contributed by atoms with Crippen molar-refractivity contribution in [3.8, 4) is 0 Å². The van der Waals surface area contributed by atoms with Gasteiger partial charge in [-0.1, -0.05) is 81.1 Å². The van der Waals surface area contributed by atoms with E-state index in [1.807, 2.05) is 0 Å². The van der Waals surface area contributed by atoms with E-state index in [2.05, 4.69) is 105 Å². The maximum atomic E-state index is 7.10. The van der Waals surface area contributed by atoms with Crippen LogP contribution < -0.4 is 0 Å². The fraction of sp³-hybridized carbons (Fsp3) is 1.00. The minimum atomic E-state index is -1.83. The fourth-order valence-corrected chi connectivity index (χ4v) is 27.9. The fourth-order valence-electron chi connectivity index (χ4n) is 4.84. The van der Waals surface area contributed by atoms with Gasteiger partial charge >= 0.3 is 0 Å². The van der Waals surface area contributed by atoms with E-state index in [1.54, 1.807) is 0 Å². The Hall–Kier alpha value is 1.58. The van der Waals surface area contributed by atoms with Crippen molar-refractivity contribution in [1.29, 1.82) is 0 Å². The zero-order valence-electron chi connectivity index (χ0n) is 24.3. The monoisotopic (exact) mass is 573 g/mol. The smallest absolute Gasteiger partial charge is 0.237 e. The first-order chi connectivity index (χ1) is 13.9. The van der Waals surface area contributed by atoms with Gasteiger partial charge in [0.15, 0.2) is 16.6 Å². The Morgan fingerprint density at radius 1 is 0.781 bits per heavy atom. The molecule has 0 aliphatic heterocycles. The quantitative estimate of drug-likeness (QED) is 0.170. The van der Waals surface area contributed by atoms with Crippen LogP contribution in [-0.4, -0.2) is 50.8 Å². The van der Waals surface area contributed by atoms with Crippen LogP contribution in [0.2, 0.25) is 80.6 Å². The van der Waals surface area contributed by atoms with Crippen molar-refractivity contribution in [2.45, 2.75) is 148 Å². The zero-order chi connectivity index (χ0) is 26.0. The third-order valence-corrected chi connectivity index (χ3v) is 31.6. The van der Waals surface area contributed by atoms with Crippen molar-refractivity contribution >= 4 is 62.7 Å². The van der Waals surface area contributed by atoms with Crippen LogP contribution >= 0.6 is 22.2 Å². The van der Waals surface area contributed by atoms with Gasteiger partial charge in [-0.15, -0.1) is 0 Å². The molecule has 0 aromatic carbocycles. The Labute approximate surface area is 218 Å². The Balaban J connectivity index is 6.01. The Morgan fingerprint density at radius 3 is 1.50 bits per heavy atom. The lowest BCUT2D eigenvalue weighted by Crippen LogP contribution is -2.72. The minimum absolute atomic E-state index is 0.333. The van der Waals surface area contributed by atoms with Crippen molar-refractivity contribution in [2.24, 2.45) is 0 Å². The largest absolute Gasteiger partial charge is 0.455 e. The van der Waals surface area contributed by atoms with Crippen molar-refractivity contribution in [2.75, 3.05) is 0 Å². The third kappa shape index (κ3) is 9.56. The molecule has 0 aliphatic carbocycles. The molecule has 0 radical (unpaired) electrons. The normalized spacial score (nSPS) is 16.2. The summed E-state index contributed by atoms with van der Waals surface area (Å²) < 4.78 is 10.3. The minimum Gasteiger partial charge on any atom is -0.455 e. The standard InChI is InChI=1S/C23H57Cl2NOSi5/c1-16-21(20-30(10,11)27-29(8,9)19-17-18-28(24)25)26(31(12,13)22(2,3)4)32(14,15)23(5,6)7/h21,28H,16-20H2,1-15H3. The van der Waals surface area contributed by atoms with Crippen molar-refractivity contribution in [3.05, 3.63) is 0 Å². The molecule has 0 amide bonds. The van der Waals surface area contributed by atoms with Crippen LogP contribution in [0.5, 0.6) is 0 Å². The van der Waals surface area contributed by atoms with Crippen molar-refractivity contribution in [1.82, 2.24) is 4.23 Å². The average Bonchev–Trinajstić information content (AvgIpc) is 2.49. The van der Waals surface area contributed by atoms with E-state index in [0.717, 1.165) is 12.5 Å². The SMILES string of the molecule is CCC(C[Si](C)(C)O[Si](C)(C)CCC[SiH](Cl)Cl)N([Si](C)(C)C(C)(C)C)[Si](C)(C)C(C)(C)C. The highest BCUT2D eigenvalue weighted by atomic mass is 35.7. The second-order valence-electron chi connectivity index (χ2n) is 14.2. The highest BCUT2D eigenvalue weighted by Gasteiger charge is 2.54. The molecule has 0 spiro atoms. The van der Waals surface area contributed by atoms with Gasteiger partial charge in [0.05, 0.1) is 0 Å². The summed E-state index contributed by atoms with van der Waals surface area (Å²) in [6.45, 7) is 37.5. The molecule has 0 fully saturated rings. The molecule has 0 heterocycles. The second kappa shape index (κ2) is 11.8. The molecule has 9 heteroatoms. The summed E-state index contributed by atoms with van der Waals surface area (Å²) in [5, 5.41) is 0.667. The first kappa shape index (κ1) is 33.6. The third-order valence-electron chi connectivity index (χ3n) is 8.19. The van der Waals surface area contributed by atoms with E-state index in [9.17, 15) is 0 Å². The first-order valence-corrected chi connectivity index (χ1v) is 29.1. The molecular formula is C23H57Cl2NOSi5. The number of nitrogens with zero attached hydrogens (tertiary/aromatic N) is 1. The summed E-state index contributed by atoms with van der Waals surface area (Å²) in [4.78, 5) is 0. The lowest BCUT2D eigenvalue weighted by Gasteiger charge is -2.60. The van der Waals surface area contributed by atoms with Gasteiger partial charge in [0, 0.05) is 0 Å². The first-order valence-electron chi connectivity index (χ1n) is 12.7. The number of hydrogen-bond donors (Lipinski definition) is 0. The summed E-state index contributed by atoms with van der Waals surface area (Å²) in [6, 6.07) is 4.04. The molecule has 0 saturated carbocycles. The van der Waals surface area contributed by atoms with Crippen molar-refractivity contribution in [3.63, 3.8) is 0 Å². The highest BCUT2D eigenvalue weighted by Crippen LogP contribution is 2.49. The Kier molecular flexibility index (Phi) is 12.3. The zero-order valence-corrected chi connectivity index (χ0v) is 31.0. The topological polar surface area (TPSA) is 12.5 Å². The summed E-state index contributed by atoms with van der Waals surface area (Å²) >= 11 is 12.2. The molecule has 0 N–H and O–H groups in total. The van der Waals surface area contributed by atoms with Gasteiger partial charge in [-0.3, -0.25) is 0 Å². The van der Waals surface area contributed by atoms with Gasteiger partial charge in [0.2, 0.25) is 7.42 Å². The van der Waals surface area contributed by atoms with Gasteiger partial charge in [-0.25, -0.2) is 0 Å². The lowest BCUT2D eigenvalue weighted by atomic mass is 10.2. The Bertz CT molecular complexity index is 558. The van der Waals surface area contributed by atoms with Gasteiger partial charge in [0.1, 0.15) is 16.5 Å². The molecule has 32 heavy (non-hydrogen) atoms. The molecule has 0 saturated heterocycles. The van der Waals surface area contributed by atoms with Gasteiger partial charge in [-0.2, -0.15) is 22.2 Å². The lowest BCUT2D eigenvalue weighted by molar-refractivity contribution is 0.396. The number of rotatable bonds is 12. The molecule has 1 atom stereocenters. The molecule has 0 bridgehead atoms. The predicted molar refractivity (Wildman–Crippen MR) is 164 cm³/mol. The number of hydrogen-bond acceptors (Lipinski definition) is 2. The molecule has 0 rings (SSSR count). The maximum absolute atomic E-state index is 7.10. The molecular weight excluding hydrogens is 518 g/mol. The van der Waals surface area contributed by atoms with Crippen LogP contribution in [0.4, 0.5) is 0 Å².